The third-order valence-electron chi connectivity index (χ3n) is 2.73. The summed E-state index contributed by atoms with van der Waals surface area (Å²) in [7, 11) is -3.53. The van der Waals surface area contributed by atoms with Gasteiger partial charge in [0.2, 0.25) is 0 Å². The van der Waals surface area contributed by atoms with Crippen LogP contribution in [-0.4, -0.2) is 20.8 Å². The highest BCUT2D eigenvalue weighted by molar-refractivity contribution is 7.86. The molecule has 0 aromatic heterocycles. The Kier molecular flexibility index (Phi) is 3.18. The van der Waals surface area contributed by atoms with Gasteiger partial charge >= 0.3 is 0 Å². The average molecular weight is 262 g/mol. The fourth-order valence-corrected chi connectivity index (χ4v) is 2.76. The van der Waals surface area contributed by atoms with E-state index in [4.69, 9.17) is 4.18 Å². The summed E-state index contributed by atoms with van der Waals surface area (Å²) in [6.07, 6.45) is 1.44. The molecule has 0 unspecified atom stereocenters. The molecule has 1 aromatic carbocycles. The molecule has 0 radical (unpaired) electrons. The van der Waals surface area contributed by atoms with E-state index in [2.05, 4.69) is 0 Å². The van der Waals surface area contributed by atoms with Gasteiger partial charge in [-0.3, -0.25) is 4.18 Å². The van der Waals surface area contributed by atoms with E-state index in [9.17, 15) is 17.2 Å². The summed E-state index contributed by atoms with van der Waals surface area (Å²) < 4.78 is 53.2. The van der Waals surface area contributed by atoms with Gasteiger partial charge in [0.25, 0.3) is 10.1 Å². The minimum absolute atomic E-state index is 0.219. The van der Waals surface area contributed by atoms with Gasteiger partial charge in [0.1, 0.15) is 11.6 Å². The van der Waals surface area contributed by atoms with Crippen LogP contribution in [0.4, 0.5) is 8.78 Å². The summed E-state index contributed by atoms with van der Waals surface area (Å²) in [6.45, 7) is 0. The van der Waals surface area contributed by atoms with Crippen molar-refractivity contribution in [1.82, 2.24) is 0 Å². The van der Waals surface area contributed by atoms with Crippen molar-refractivity contribution in [3.8, 4) is 0 Å². The van der Waals surface area contributed by atoms with Gasteiger partial charge in [-0.15, -0.1) is 0 Å². The van der Waals surface area contributed by atoms with Gasteiger partial charge in [-0.25, -0.2) is 8.78 Å². The van der Waals surface area contributed by atoms with Gasteiger partial charge < -0.3 is 0 Å². The standard InChI is InChI=1S/C11H12F2O3S/c1-17(14,15)16-9-2-3-10-7(5-9)4-8(12)6-11(10)13/h4,6,9H,2-3,5H2,1H3/t9-/m0/s1. The van der Waals surface area contributed by atoms with Gasteiger partial charge in [0, 0.05) is 12.5 Å². The maximum atomic E-state index is 13.4. The van der Waals surface area contributed by atoms with E-state index in [0.29, 0.717) is 24.0 Å². The van der Waals surface area contributed by atoms with E-state index >= 15 is 0 Å². The molecule has 0 heterocycles. The third-order valence-corrected chi connectivity index (χ3v) is 3.35. The average Bonchev–Trinajstić information content (AvgIpc) is 2.13. The van der Waals surface area contributed by atoms with Crippen LogP contribution in [0.15, 0.2) is 12.1 Å². The van der Waals surface area contributed by atoms with E-state index in [1.807, 2.05) is 0 Å². The monoisotopic (exact) mass is 262 g/mol. The first kappa shape index (κ1) is 12.4. The van der Waals surface area contributed by atoms with Crippen LogP contribution < -0.4 is 0 Å². The van der Waals surface area contributed by atoms with Crippen molar-refractivity contribution in [3.05, 3.63) is 34.9 Å². The largest absolute Gasteiger partial charge is 0.267 e. The fraction of sp³-hybridized carbons (Fsp3) is 0.455. The van der Waals surface area contributed by atoms with Crippen LogP contribution in [0.25, 0.3) is 0 Å². The van der Waals surface area contributed by atoms with Crippen molar-refractivity contribution >= 4 is 10.1 Å². The van der Waals surface area contributed by atoms with Crippen molar-refractivity contribution in [2.24, 2.45) is 0 Å². The molecule has 0 N–H and O–H groups in total. The maximum absolute atomic E-state index is 13.4. The van der Waals surface area contributed by atoms with E-state index in [0.717, 1.165) is 12.3 Å². The Labute approximate surface area is 98.5 Å². The van der Waals surface area contributed by atoms with E-state index in [-0.39, 0.29) is 6.42 Å². The predicted molar refractivity (Wildman–Crippen MR) is 58.1 cm³/mol. The van der Waals surface area contributed by atoms with Crippen molar-refractivity contribution in [2.75, 3.05) is 6.26 Å². The molecule has 1 aliphatic rings. The Bertz CT molecular complexity index is 540. The minimum atomic E-state index is -3.53. The summed E-state index contributed by atoms with van der Waals surface area (Å²) in [5, 5.41) is 0. The van der Waals surface area contributed by atoms with Crippen molar-refractivity contribution < 1.29 is 21.4 Å². The van der Waals surface area contributed by atoms with Crippen LogP contribution >= 0.6 is 0 Å². The Morgan fingerprint density at radius 2 is 2.06 bits per heavy atom. The molecule has 0 spiro atoms. The normalized spacial score (nSPS) is 20.1. The zero-order valence-corrected chi connectivity index (χ0v) is 10.1. The first-order valence-electron chi connectivity index (χ1n) is 5.20. The number of benzene rings is 1. The predicted octanol–water partition coefficient (Wildman–Crippen LogP) is 1.80. The van der Waals surface area contributed by atoms with Gasteiger partial charge in [0.15, 0.2) is 0 Å². The minimum Gasteiger partial charge on any atom is -0.267 e. The molecular weight excluding hydrogens is 250 g/mol. The zero-order chi connectivity index (χ0) is 12.6. The summed E-state index contributed by atoms with van der Waals surface area (Å²) in [6, 6.07) is 2.08. The number of rotatable bonds is 2. The Balaban J connectivity index is 2.24. The highest BCUT2D eigenvalue weighted by Gasteiger charge is 2.25. The number of hydrogen-bond donors (Lipinski definition) is 0. The molecule has 1 aliphatic carbocycles. The summed E-state index contributed by atoms with van der Waals surface area (Å²) in [4.78, 5) is 0. The Hall–Kier alpha value is -1.01. The molecule has 2 rings (SSSR count). The summed E-state index contributed by atoms with van der Waals surface area (Å²) >= 11 is 0. The van der Waals surface area contributed by atoms with Crippen LogP contribution in [0.5, 0.6) is 0 Å². The van der Waals surface area contributed by atoms with Crippen LogP contribution in [0.3, 0.4) is 0 Å². The molecule has 1 atom stereocenters. The summed E-state index contributed by atoms with van der Waals surface area (Å²) in [5.74, 6) is -1.22. The number of fused-ring (bicyclic) bond motifs is 1. The smallest absolute Gasteiger partial charge is 0.264 e. The SMILES string of the molecule is CS(=O)(=O)O[C@H]1CCc2c(F)cc(F)cc2C1. The number of halogens is 2. The lowest BCUT2D eigenvalue weighted by molar-refractivity contribution is 0.193. The van der Waals surface area contributed by atoms with Crippen molar-refractivity contribution in [1.29, 1.82) is 0 Å². The molecule has 3 nitrogen and oxygen atoms in total. The Morgan fingerprint density at radius 1 is 1.35 bits per heavy atom. The first-order valence-corrected chi connectivity index (χ1v) is 7.02. The fourth-order valence-electron chi connectivity index (χ4n) is 2.10. The van der Waals surface area contributed by atoms with E-state index in [1.165, 1.54) is 6.07 Å². The molecule has 6 heteroatoms. The molecule has 1 aromatic rings. The van der Waals surface area contributed by atoms with Crippen LogP contribution in [0.2, 0.25) is 0 Å². The molecule has 0 saturated heterocycles. The van der Waals surface area contributed by atoms with Gasteiger partial charge in [-0.1, -0.05) is 0 Å². The molecule has 0 fully saturated rings. The lowest BCUT2D eigenvalue weighted by Crippen LogP contribution is -2.25. The lowest BCUT2D eigenvalue weighted by atomic mass is 9.89. The molecule has 94 valence electrons. The highest BCUT2D eigenvalue weighted by atomic mass is 32.2. The van der Waals surface area contributed by atoms with Gasteiger partial charge in [-0.2, -0.15) is 8.42 Å². The second-order valence-corrected chi connectivity index (χ2v) is 5.79. The van der Waals surface area contributed by atoms with E-state index in [1.54, 1.807) is 0 Å². The zero-order valence-electron chi connectivity index (χ0n) is 9.24. The Morgan fingerprint density at radius 3 is 2.71 bits per heavy atom. The van der Waals surface area contributed by atoms with Crippen molar-refractivity contribution in [2.45, 2.75) is 25.4 Å². The summed E-state index contributed by atoms with van der Waals surface area (Å²) in [5.41, 5.74) is 0.946. The van der Waals surface area contributed by atoms with Crippen LogP contribution in [0, 0.1) is 11.6 Å². The molecule has 0 amide bonds. The quantitative estimate of drug-likeness (QED) is 0.763. The molecular formula is C11H12F2O3S. The van der Waals surface area contributed by atoms with Gasteiger partial charge in [-0.05, 0) is 30.0 Å². The van der Waals surface area contributed by atoms with Gasteiger partial charge in [0.05, 0.1) is 12.4 Å². The topological polar surface area (TPSA) is 43.4 Å². The molecule has 0 aliphatic heterocycles. The molecule has 17 heavy (non-hydrogen) atoms. The van der Waals surface area contributed by atoms with Crippen LogP contribution in [-0.2, 0) is 27.1 Å². The highest BCUT2D eigenvalue weighted by Crippen LogP contribution is 2.27. The van der Waals surface area contributed by atoms with E-state index < -0.39 is 27.9 Å². The third kappa shape index (κ3) is 3.01. The number of hydrogen-bond acceptors (Lipinski definition) is 3. The second kappa shape index (κ2) is 4.34. The lowest BCUT2D eigenvalue weighted by Gasteiger charge is -2.24. The first-order chi connectivity index (χ1) is 7.85. The molecule has 0 bridgehead atoms. The second-order valence-electron chi connectivity index (χ2n) is 4.19. The van der Waals surface area contributed by atoms with Crippen LogP contribution in [0.1, 0.15) is 17.5 Å². The maximum Gasteiger partial charge on any atom is 0.264 e. The van der Waals surface area contributed by atoms with Crippen molar-refractivity contribution in [3.63, 3.8) is 0 Å². The molecule has 0 saturated carbocycles.